The molecule has 1 aromatic carbocycles. The van der Waals surface area contributed by atoms with Crippen LogP contribution in [0.3, 0.4) is 0 Å². The Kier molecular flexibility index (Phi) is 5.01. The number of hydrogen-bond acceptors (Lipinski definition) is 2. The van der Waals surface area contributed by atoms with Gasteiger partial charge in [0.05, 0.1) is 6.10 Å². The minimum atomic E-state index is -0.368. The normalized spacial score (nSPS) is 14.8. The standard InChI is InChI=1S/C15H25NO/c1-6-15(17)13-9-7-8-10-14(13)16(5)12(4)11(2)3/h7-12,15,17H,6H2,1-5H3. The maximum atomic E-state index is 10.1. The second-order valence-corrected chi connectivity index (χ2v) is 5.08. The molecule has 0 aliphatic carbocycles. The topological polar surface area (TPSA) is 23.5 Å². The zero-order valence-corrected chi connectivity index (χ0v) is 11.6. The van der Waals surface area contributed by atoms with E-state index in [0.717, 1.165) is 17.7 Å². The maximum absolute atomic E-state index is 10.1. The fourth-order valence-electron chi connectivity index (χ4n) is 1.98. The predicted molar refractivity (Wildman–Crippen MR) is 74.4 cm³/mol. The Morgan fingerprint density at radius 2 is 1.76 bits per heavy atom. The molecule has 1 rings (SSSR count). The molecule has 1 aromatic rings. The van der Waals surface area contributed by atoms with Gasteiger partial charge in [-0.1, -0.05) is 39.0 Å². The van der Waals surface area contributed by atoms with Gasteiger partial charge < -0.3 is 10.0 Å². The molecular weight excluding hydrogens is 210 g/mol. The second kappa shape index (κ2) is 6.06. The molecule has 2 unspecified atom stereocenters. The molecule has 0 saturated heterocycles. The molecule has 2 nitrogen and oxygen atoms in total. The third-order valence-electron chi connectivity index (χ3n) is 3.64. The van der Waals surface area contributed by atoms with E-state index in [2.05, 4.69) is 38.8 Å². The fraction of sp³-hybridized carbons (Fsp3) is 0.600. The average Bonchev–Trinajstić information content (AvgIpc) is 2.35. The first-order valence-electron chi connectivity index (χ1n) is 6.48. The van der Waals surface area contributed by atoms with Gasteiger partial charge in [-0.15, -0.1) is 0 Å². The Balaban J connectivity index is 3.04. The number of rotatable bonds is 5. The molecule has 17 heavy (non-hydrogen) atoms. The monoisotopic (exact) mass is 235 g/mol. The van der Waals surface area contributed by atoms with E-state index in [9.17, 15) is 5.11 Å². The first kappa shape index (κ1) is 14.0. The molecule has 0 amide bonds. The average molecular weight is 235 g/mol. The van der Waals surface area contributed by atoms with E-state index in [1.807, 2.05) is 25.1 Å². The van der Waals surface area contributed by atoms with Crippen LogP contribution >= 0.6 is 0 Å². The van der Waals surface area contributed by atoms with Crippen LogP contribution in [0, 0.1) is 5.92 Å². The number of benzene rings is 1. The molecule has 2 atom stereocenters. The minimum Gasteiger partial charge on any atom is -0.388 e. The van der Waals surface area contributed by atoms with Gasteiger partial charge in [0.2, 0.25) is 0 Å². The van der Waals surface area contributed by atoms with Gasteiger partial charge in [-0.05, 0) is 25.3 Å². The lowest BCUT2D eigenvalue weighted by molar-refractivity contribution is 0.174. The molecule has 0 bridgehead atoms. The summed E-state index contributed by atoms with van der Waals surface area (Å²) in [5.41, 5.74) is 2.17. The van der Waals surface area contributed by atoms with Gasteiger partial charge in [0.25, 0.3) is 0 Å². The van der Waals surface area contributed by atoms with Gasteiger partial charge in [0.1, 0.15) is 0 Å². The van der Waals surface area contributed by atoms with Crippen molar-refractivity contribution in [2.24, 2.45) is 5.92 Å². The highest BCUT2D eigenvalue weighted by atomic mass is 16.3. The van der Waals surface area contributed by atoms with Gasteiger partial charge in [0.15, 0.2) is 0 Å². The lowest BCUT2D eigenvalue weighted by Gasteiger charge is -2.32. The van der Waals surface area contributed by atoms with Gasteiger partial charge >= 0.3 is 0 Å². The SMILES string of the molecule is CCC(O)c1ccccc1N(C)C(C)C(C)C. The van der Waals surface area contributed by atoms with Crippen LogP contribution in [0.1, 0.15) is 45.8 Å². The summed E-state index contributed by atoms with van der Waals surface area (Å²) in [5, 5.41) is 10.1. The quantitative estimate of drug-likeness (QED) is 0.842. The zero-order chi connectivity index (χ0) is 13.0. The van der Waals surface area contributed by atoms with E-state index in [4.69, 9.17) is 0 Å². The summed E-state index contributed by atoms with van der Waals surface area (Å²) in [4.78, 5) is 2.26. The molecule has 0 aromatic heterocycles. The van der Waals surface area contributed by atoms with Crippen molar-refractivity contribution in [1.82, 2.24) is 0 Å². The molecule has 0 fully saturated rings. The largest absolute Gasteiger partial charge is 0.388 e. The summed E-state index contributed by atoms with van der Waals surface area (Å²) in [6.07, 6.45) is 0.383. The van der Waals surface area contributed by atoms with Crippen molar-refractivity contribution in [3.8, 4) is 0 Å². The smallest absolute Gasteiger partial charge is 0.0807 e. The van der Waals surface area contributed by atoms with Crippen LogP contribution in [0.25, 0.3) is 0 Å². The van der Waals surface area contributed by atoms with Crippen LogP contribution in [-0.4, -0.2) is 18.2 Å². The molecule has 0 heterocycles. The zero-order valence-electron chi connectivity index (χ0n) is 11.6. The minimum absolute atomic E-state index is 0.368. The van der Waals surface area contributed by atoms with Crippen molar-refractivity contribution in [2.75, 3.05) is 11.9 Å². The van der Waals surface area contributed by atoms with Crippen molar-refractivity contribution >= 4 is 5.69 Å². The molecule has 0 saturated carbocycles. The fourth-order valence-corrected chi connectivity index (χ4v) is 1.98. The number of anilines is 1. The number of aliphatic hydroxyl groups is 1. The number of aliphatic hydroxyl groups excluding tert-OH is 1. The van der Waals surface area contributed by atoms with Crippen molar-refractivity contribution in [3.63, 3.8) is 0 Å². The summed E-state index contributed by atoms with van der Waals surface area (Å²) in [6.45, 7) is 8.67. The van der Waals surface area contributed by atoms with Crippen molar-refractivity contribution < 1.29 is 5.11 Å². The molecular formula is C15H25NO. The van der Waals surface area contributed by atoms with Crippen molar-refractivity contribution in [2.45, 2.75) is 46.3 Å². The van der Waals surface area contributed by atoms with Crippen LogP contribution < -0.4 is 4.90 Å². The lowest BCUT2D eigenvalue weighted by Crippen LogP contribution is -2.34. The van der Waals surface area contributed by atoms with Crippen LogP contribution in [0.5, 0.6) is 0 Å². The Hall–Kier alpha value is -1.02. The Bertz CT molecular complexity index is 349. The molecule has 0 spiro atoms. The third-order valence-corrected chi connectivity index (χ3v) is 3.64. The number of para-hydroxylation sites is 1. The highest BCUT2D eigenvalue weighted by Gasteiger charge is 2.18. The van der Waals surface area contributed by atoms with Crippen molar-refractivity contribution in [3.05, 3.63) is 29.8 Å². The van der Waals surface area contributed by atoms with Gasteiger partial charge in [-0.2, -0.15) is 0 Å². The molecule has 96 valence electrons. The summed E-state index contributed by atoms with van der Waals surface area (Å²) in [5.74, 6) is 0.590. The lowest BCUT2D eigenvalue weighted by atomic mass is 10.0. The van der Waals surface area contributed by atoms with E-state index >= 15 is 0 Å². The molecule has 0 radical (unpaired) electrons. The van der Waals surface area contributed by atoms with E-state index < -0.39 is 0 Å². The van der Waals surface area contributed by atoms with Gasteiger partial charge in [0, 0.05) is 24.3 Å². The molecule has 1 N–H and O–H groups in total. The number of hydrogen-bond donors (Lipinski definition) is 1. The van der Waals surface area contributed by atoms with Crippen molar-refractivity contribution in [1.29, 1.82) is 0 Å². The highest BCUT2D eigenvalue weighted by molar-refractivity contribution is 5.54. The first-order valence-corrected chi connectivity index (χ1v) is 6.48. The highest BCUT2D eigenvalue weighted by Crippen LogP contribution is 2.29. The summed E-state index contributed by atoms with van der Waals surface area (Å²) in [7, 11) is 2.10. The molecule has 2 heteroatoms. The van der Waals surface area contributed by atoms with E-state index in [-0.39, 0.29) is 6.10 Å². The molecule has 0 aliphatic rings. The summed E-state index contributed by atoms with van der Waals surface area (Å²) < 4.78 is 0. The van der Waals surface area contributed by atoms with Crippen LogP contribution in [0.4, 0.5) is 5.69 Å². The van der Waals surface area contributed by atoms with Crippen LogP contribution in [-0.2, 0) is 0 Å². The summed E-state index contributed by atoms with van der Waals surface area (Å²) >= 11 is 0. The van der Waals surface area contributed by atoms with E-state index in [1.165, 1.54) is 0 Å². The number of nitrogens with zero attached hydrogens (tertiary/aromatic N) is 1. The first-order chi connectivity index (χ1) is 7.99. The van der Waals surface area contributed by atoms with Crippen LogP contribution in [0.2, 0.25) is 0 Å². The van der Waals surface area contributed by atoms with Gasteiger partial charge in [-0.25, -0.2) is 0 Å². The van der Waals surface area contributed by atoms with Gasteiger partial charge in [-0.3, -0.25) is 0 Å². The Morgan fingerprint density at radius 3 is 2.29 bits per heavy atom. The predicted octanol–water partition coefficient (Wildman–Crippen LogP) is 3.61. The van der Waals surface area contributed by atoms with E-state index in [0.29, 0.717) is 12.0 Å². The second-order valence-electron chi connectivity index (χ2n) is 5.08. The third kappa shape index (κ3) is 3.22. The maximum Gasteiger partial charge on any atom is 0.0807 e. The van der Waals surface area contributed by atoms with Crippen LogP contribution in [0.15, 0.2) is 24.3 Å². The van der Waals surface area contributed by atoms with E-state index in [1.54, 1.807) is 0 Å². The Labute approximate surface area is 105 Å². The summed E-state index contributed by atoms with van der Waals surface area (Å²) in [6, 6.07) is 8.59. The Morgan fingerprint density at radius 1 is 1.18 bits per heavy atom. The molecule has 0 aliphatic heterocycles.